The zero-order chi connectivity index (χ0) is 15.6. The van der Waals surface area contributed by atoms with E-state index in [-0.39, 0.29) is 11.4 Å². The van der Waals surface area contributed by atoms with E-state index in [4.69, 9.17) is 0 Å². The van der Waals surface area contributed by atoms with E-state index in [1.54, 1.807) is 0 Å². The van der Waals surface area contributed by atoms with Gasteiger partial charge >= 0.3 is 12.0 Å². The lowest BCUT2D eigenvalue weighted by Crippen LogP contribution is -2.47. The highest BCUT2D eigenvalue weighted by Crippen LogP contribution is 2.30. The number of carboxylic acids is 1. The molecule has 1 aliphatic rings. The number of carboxylic acid groups (broad SMARTS) is 1. The second-order valence-electron chi connectivity index (χ2n) is 5.09. The van der Waals surface area contributed by atoms with E-state index in [9.17, 15) is 14.7 Å². The van der Waals surface area contributed by atoms with Gasteiger partial charge in [-0.3, -0.25) is 4.90 Å². The van der Waals surface area contributed by atoms with Gasteiger partial charge in [-0.1, -0.05) is 25.1 Å². The third-order valence-electron chi connectivity index (χ3n) is 3.71. The van der Waals surface area contributed by atoms with Crippen LogP contribution in [0.25, 0.3) is 0 Å². The number of amides is 2. The van der Waals surface area contributed by atoms with Crippen LogP contribution in [0.15, 0.2) is 18.2 Å². The largest absolute Gasteiger partial charge is 0.480 e. The Morgan fingerprint density at radius 3 is 2.81 bits per heavy atom. The Bertz CT molecular complexity index is 562. The van der Waals surface area contributed by atoms with E-state index in [1.165, 1.54) is 16.7 Å². The molecule has 0 aliphatic carbocycles. The number of nitrogens with one attached hydrogen (secondary N) is 1. The highest BCUT2D eigenvalue weighted by atomic mass is 32.2. The Morgan fingerprint density at radius 2 is 2.19 bits per heavy atom. The average molecular weight is 308 g/mol. The van der Waals surface area contributed by atoms with Gasteiger partial charge < -0.3 is 10.4 Å². The zero-order valence-electron chi connectivity index (χ0n) is 12.4. The molecular formula is C15H20N2O3S. The molecule has 2 atom stereocenters. The quantitative estimate of drug-likeness (QED) is 0.901. The monoisotopic (exact) mass is 308 g/mol. The minimum atomic E-state index is -0.956. The van der Waals surface area contributed by atoms with Crippen LogP contribution >= 0.6 is 11.8 Å². The molecular weight excluding hydrogens is 288 g/mol. The number of rotatable bonds is 3. The van der Waals surface area contributed by atoms with Gasteiger partial charge in [-0.2, -0.15) is 0 Å². The van der Waals surface area contributed by atoms with Crippen molar-refractivity contribution < 1.29 is 14.7 Å². The van der Waals surface area contributed by atoms with Crippen molar-refractivity contribution in [2.45, 2.75) is 38.6 Å². The van der Waals surface area contributed by atoms with E-state index in [2.05, 4.69) is 5.32 Å². The van der Waals surface area contributed by atoms with Crippen molar-refractivity contribution in [2.75, 3.05) is 11.1 Å². The van der Waals surface area contributed by atoms with Gasteiger partial charge in [0.15, 0.2) is 0 Å². The van der Waals surface area contributed by atoms with Gasteiger partial charge in [-0.05, 0) is 31.4 Å². The van der Waals surface area contributed by atoms with Gasteiger partial charge in [0, 0.05) is 11.4 Å². The van der Waals surface area contributed by atoms with Crippen molar-refractivity contribution in [3.05, 3.63) is 29.3 Å². The summed E-state index contributed by atoms with van der Waals surface area (Å²) in [5, 5.41) is 12.0. The third-order valence-corrected chi connectivity index (χ3v) is 4.93. The molecule has 2 N–H and O–H groups in total. The minimum absolute atomic E-state index is 0.139. The molecule has 0 radical (unpaired) electrons. The van der Waals surface area contributed by atoms with Crippen molar-refractivity contribution >= 4 is 29.4 Å². The molecule has 1 heterocycles. The van der Waals surface area contributed by atoms with E-state index in [0.29, 0.717) is 5.75 Å². The summed E-state index contributed by atoms with van der Waals surface area (Å²) < 4.78 is 0. The number of carbonyl (C=O) groups excluding carboxylic acids is 1. The fraction of sp³-hybridized carbons (Fsp3) is 0.467. The highest BCUT2D eigenvalue weighted by Gasteiger charge is 2.39. The van der Waals surface area contributed by atoms with Crippen LogP contribution in [0.2, 0.25) is 0 Å². The summed E-state index contributed by atoms with van der Waals surface area (Å²) in [6.07, 6.45) is 0.809. The molecule has 1 saturated heterocycles. The lowest BCUT2D eigenvalue weighted by molar-refractivity contribution is -0.141. The minimum Gasteiger partial charge on any atom is -0.480 e. The Morgan fingerprint density at radius 1 is 1.48 bits per heavy atom. The first-order chi connectivity index (χ1) is 9.95. The number of aryl methyl sites for hydroxylation is 2. The molecule has 5 nitrogen and oxygen atoms in total. The smallest absolute Gasteiger partial charge is 0.327 e. The lowest BCUT2D eigenvalue weighted by Gasteiger charge is -2.26. The normalized spacial score (nSPS) is 21.4. The van der Waals surface area contributed by atoms with Crippen LogP contribution in [0, 0.1) is 6.92 Å². The van der Waals surface area contributed by atoms with Crippen LogP contribution in [0.3, 0.4) is 0 Å². The van der Waals surface area contributed by atoms with Crippen molar-refractivity contribution in [1.82, 2.24) is 4.90 Å². The predicted octanol–water partition coefficient (Wildman–Crippen LogP) is 2.94. The Balaban J connectivity index is 2.23. The number of para-hydroxylation sites is 1. The van der Waals surface area contributed by atoms with E-state index in [0.717, 1.165) is 23.2 Å². The van der Waals surface area contributed by atoms with Gasteiger partial charge in [0.1, 0.15) is 6.04 Å². The summed E-state index contributed by atoms with van der Waals surface area (Å²) in [5.74, 6) is -0.527. The Labute approximate surface area is 128 Å². The summed E-state index contributed by atoms with van der Waals surface area (Å²) in [7, 11) is 0. The van der Waals surface area contributed by atoms with E-state index >= 15 is 0 Å². The van der Waals surface area contributed by atoms with Crippen LogP contribution in [-0.4, -0.2) is 39.2 Å². The van der Waals surface area contributed by atoms with Crippen LogP contribution in [0.4, 0.5) is 10.5 Å². The molecule has 114 valence electrons. The fourth-order valence-electron chi connectivity index (χ4n) is 2.51. The highest BCUT2D eigenvalue weighted by molar-refractivity contribution is 8.00. The summed E-state index contributed by atoms with van der Waals surface area (Å²) in [6, 6.07) is 4.76. The number of urea groups is 1. The zero-order valence-corrected chi connectivity index (χ0v) is 13.2. The molecule has 2 unspecified atom stereocenters. The first-order valence-corrected chi connectivity index (χ1v) is 8.02. The number of anilines is 1. The van der Waals surface area contributed by atoms with E-state index in [1.807, 2.05) is 39.0 Å². The van der Waals surface area contributed by atoms with Gasteiger partial charge in [0.2, 0.25) is 0 Å². The number of aliphatic carboxylic acids is 1. The Kier molecular flexibility index (Phi) is 4.77. The summed E-state index contributed by atoms with van der Waals surface area (Å²) in [6.45, 7) is 5.82. The molecule has 0 bridgehead atoms. The molecule has 2 rings (SSSR count). The van der Waals surface area contributed by atoms with Crippen LogP contribution < -0.4 is 5.32 Å². The van der Waals surface area contributed by atoms with Gasteiger partial charge in [-0.15, -0.1) is 11.8 Å². The average Bonchev–Trinajstić information content (AvgIpc) is 2.83. The summed E-state index contributed by atoms with van der Waals surface area (Å²) in [5.41, 5.74) is 2.82. The van der Waals surface area contributed by atoms with Gasteiger partial charge in [0.25, 0.3) is 0 Å². The summed E-state index contributed by atoms with van der Waals surface area (Å²) in [4.78, 5) is 25.2. The molecule has 0 saturated carbocycles. The standard InChI is InChI=1S/C15H20N2O3S/c1-4-11-7-5-6-9(2)13(11)16-15(20)17-10(3)21-8-12(17)14(18)19/h5-7,10,12H,4,8H2,1-3H3,(H,16,20)(H,18,19). The number of benzene rings is 1. The molecule has 6 heteroatoms. The van der Waals surface area contributed by atoms with Crippen LogP contribution in [-0.2, 0) is 11.2 Å². The number of hydrogen-bond acceptors (Lipinski definition) is 3. The van der Waals surface area contributed by atoms with Crippen molar-refractivity contribution in [3.8, 4) is 0 Å². The van der Waals surface area contributed by atoms with Crippen molar-refractivity contribution in [1.29, 1.82) is 0 Å². The number of nitrogens with zero attached hydrogens (tertiary/aromatic N) is 1. The number of hydrogen-bond donors (Lipinski definition) is 2. The topological polar surface area (TPSA) is 69.6 Å². The number of carbonyl (C=O) groups is 2. The summed E-state index contributed by atoms with van der Waals surface area (Å²) >= 11 is 1.48. The maximum Gasteiger partial charge on any atom is 0.327 e. The lowest BCUT2D eigenvalue weighted by atomic mass is 10.1. The fourth-order valence-corrected chi connectivity index (χ4v) is 3.68. The van der Waals surface area contributed by atoms with Crippen molar-refractivity contribution in [2.24, 2.45) is 0 Å². The molecule has 1 aromatic rings. The van der Waals surface area contributed by atoms with Crippen LogP contribution in [0.1, 0.15) is 25.0 Å². The predicted molar refractivity (Wildman–Crippen MR) is 84.8 cm³/mol. The van der Waals surface area contributed by atoms with Gasteiger partial charge in [-0.25, -0.2) is 9.59 Å². The van der Waals surface area contributed by atoms with E-state index < -0.39 is 12.0 Å². The SMILES string of the molecule is CCc1cccc(C)c1NC(=O)N1C(C)SCC1C(=O)O. The van der Waals surface area contributed by atoms with Gasteiger partial charge in [0.05, 0.1) is 5.37 Å². The second-order valence-corrected chi connectivity index (χ2v) is 6.44. The maximum atomic E-state index is 12.5. The molecule has 0 spiro atoms. The number of thioether (sulfide) groups is 1. The van der Waals surface area contributed by atoms with Crippen molar-refractivity contribution in [3.63, 3.8) is 0 Å². The first kappa shape index (κ1) is 15.7. The third kappa shape index (κ3) is 3.15. The molecule has 1 fully saturated rings. The molecule has 1 aliphatic heterocycles. The van der Waals surface area contributed by atoms with Crippen LogP contribution in [0.5, 0.6) is 0 Å². The Hall–Kier alpha value is -1.69. The maximum absolute atomic E-state index is 12.5. The molecule has 0 aromatic heterocycles. The second kappa shape index (κ2) is 6.39. The molecule has 1 aromatic carbocycles. The molecule has 2 amide bonds. The molecule has 21 heavy (non-hydrogen) atoms. The first-order valence-electron chi connectivity index (χ1n) is 6.98.